The predicted molar refractivity (Wildman–Crippen MR) is 109 cm³/mol. The molecule has 4 nitrogen and oxygen atoms in total. The quantitative estimate of drug-likeness (QED) is 0.575. The van der Waals surface area contributed by atoms with Gasteiger partial charge in [0, 0.05) is 10.6 Å². The van der Waals surface area contributed by atoms with Gasteiger partial charge in [-0.1, -0.05) is 61.5 Å². The van der Waals surface area contributed by atoms with E-state index in [0.717, 1.165) is 28.7 Å². The van der Waals surface area contributed by atoms with E-state index in [1.165, 1.54) is 11.9 Å². The lowest BCUT2D eigenvalue weighted by molar-refractivity contribution is 1.08. The van der Waals surface area contributed by atoms with E-state index >= 15 is 0 Å². The summed E-state index contributed by atoms with van der Waals surface area (Å²) >= 11 is 6.38. The van der Waals surface area contributed by atoms with E-state index in [0.29, 0.717) is 16.6 Å². The molecule has 0 aliphatic carbocycles. The molecule has 0 saturated carbocycles. The van der Waals surface area contributed by atoms with Crippen molar-refractivity contribution in [3.8, 4) is 11.1 Å². The second kappa shape index (κ2) is 7.93. The zero-order valence-electron chi connectivity index (χ0n) is 14.5. The highest BCUT2D eigenvalue weighted by Crippen LogP contribution is 2.32. The van der Waals surface area contributed by atoms with E-state index in [9.17, 15) is 0 Å². The number of nitrogens with zero attached hydrogens (tertiary/aromatic N) is 2. The number of hydrogen-bond acceptors (Lipinski definition) is 3. The van der Waals surface area contributed by atoms with Crippen LogP contribution in [0.15, 0.2) is 55.4 Å². The van der Waals surface area contributed by atoms with Gasteiger partial charge in [0.1, 0.15) is 12.2 Å². The van der Waals surface area contributed by atoms with Crippen LogP contribution in [0.1, 0.15) is 29.4 Å². The fourth-order valence-electron chi connectivity index (χ4n) is 2.86. The summed E-state index contributed by atoms with van der Waals surface area (Å²) in [5, 5.41) is 15.8. The lowest BCUT2D eigenvalue weighted by atomic mass is 9.90. The van der Waals surface area contributed by atoms with Gasteiger partial charge in [0.2, 0.25) is 0 Å². The zero-order valence-corrected chi connectivity index (χ0v) is 15.2. The first-order valence-corrected chi connectivity index (χ1v) is 8.68. The maximum atomic E-state index is 8.53. The highest BCUT2D eigenvalue weighted by molar-refractivity contribution is 6.32. The molecular formula is C21H19ClN4. The van der Waals surface area contributed by atoms with Crippen LogP contribution in [0, 0.1) is 5.41 Å². The minimum atomic E-state index is 0.399. The molecule has 2 aromatic carbocycles. The Bertz CT molecular complexity index is 972. The van der Waals surface area contributed by atoms with Gasteiger partial charge in [0.25, 0.3) is 0 Å². The fourth-order valence-corrected chi connectivity index (χ4v) is 3.11. The van der Waals surface area contributed by atoms with Crippen molar-refractivity contribution in [2.45, 2.75) is 13.3 Å². The number of aryl methyl sites for hydroxylation is 1. The van der Waals surface area contributed by atoms with Crippen molar-refractivity contribution in [1.29, 1.82) is 5.41 Å². The molecule has 5 heteroatoms. The van der Waals surface area contributed by atoms with Crippen LogP contribution in [0.25, 0.3) is 23.3 Å². The molecule has 3 aromatic rings. The number of halogens is 1. The molecule has 0 amide bonds. The average Bonchev–Trinajstić information content (AvgIpc) is 3.19. The van der Waals surface area contributed by atoms with Gasteiger partial charge in [0.05, 0.1) is 5.71 Å². The van der Waals surface area contributed by atoms with Crippen LogP contribution in [-0.4, -0.2) is 20.9 Å². The largest absolute Gasteiger partial charge is 0.300 e. The van der Waals surface area contributed by atoms with Crippen molar-refractivity contribution >= 4 is 29.5 Å². The Morgan fingerprint density at radius 1 is 1.31 bits per heavy atom. The summed E-state index contributed by atoms with van der Waals surface area (Å²) in [5.74, 6) is 0.612. The van der Waals surface area contributed by atoms with Gasteiger partial charge in [-0.2, -0.15) is 5.10 Å². The smallest absolute Gasteiger partial charge is 0.148 e. The first kappa shape index (κ1) is 17.8. The first-order valence-electron chi connectivity index (χ1n) is 8.30. The fraction of sp³-hybridized carbons (Fsp3) is 0.0952. The van der Waals surface area contributed by atoms with Crippen LogP contribution in [0.3, 0.4) is 0 Å². The van der Waals surface area contributed by atoms with Crippen molar-refractivity contribution in [3.05, 3.63) is 82.9 Å². The normalized spacial score (nSPS) is 11.0. The molecule has 1 heterocycles. The van der Waals surface area contributed by atoms with Crippen LogP contribution in [0.4, 0.5) is 0 Å². The molecule has 0 spiro atoms. The summed E-state index contributed by atoms with van der Waals surface area (Å²) < 4.78 is 0. The predicted octanol–water partition coefficient (Wildman–Crippen LogP) is 5.41. The number of nitrogens with one attached hydrogen (secondary N) is 2. The summed E-state index contributed by atoms with van der Waals surface area (Å²) in [5.41, 5.74) is 5.33. The topological polar surface area (TPSA) is 65.4 Å². The van der Waals surface area contributed by atoms with Crippen molar-refractivity contribution in [3.63, 3.8) is 0 Å². The van der Waals surface area contributed by atoms with E-state index in [4.69, 9.17) is 17.0 Å². The SMILES string of the molecule is C=Cc1ccc(-c2c(CC)cccc2C(=N)/C=C\c2ncn[nH]2)cc1Cl. The molecule has 2 N–H and O–H groups in total. The molecule has 3 rings (SSSR count). The second-order valence-electron chi connectivity index (χ2n) is 5.75. The number of allylic oxidation sites excluding steroid dienone is 1. The molecule has 0 bridgehead atoms. The van der Waals surface area contributed by atoms with Crippen LogP contribution >= 0.6 is 11.6 Å². The Hall–Kier alpha value is -2.98. The molecule has 0 aliphatic heterocycles. The summed E-state index contributed by atoms with van der Waals surface area (Å²) in [6, 6.07) is 11.9. The summed E-state index contributed by atoms with van der Waals surface area (Å²) in [4.78, 5) is 4.05. The molecule has 0 radical (unpaired) electrons. The minimum absolute atomic E-state index is 0.399. The van der Waals surface area contributed by atoms with Crippen molar-refractivity contribution < 1.29 is 0 Å². The van der Waals surface area contributed by atoms with Crippen LogP contribution in [-0.2, 0) is 6.42 Å². The lowest BCUT2D eigenvalue weighted by Crippen LogP contribution is -2.01. The Kier molecular flexibility index (Phi) is 5.44. The zero-order chi connectivity index (χ0) is 18.5. The molecule has 26 heavy (non-hydrogen) atoms. The van der Waals surface area contributed by atoms with E-state index in [1.807, 2.05) is 30.3 Å². The van der Waals surface area contributed by atoms with Crippen molar-refractivity contribution in [1.82, 2.24) is 15.2 Å². The summed E-state index contributed by atoms with van der Waals surface area (Å²) in [6.45, 7) is 5.89. The van der Waals surface area contributed by atoms with Crippen LogP contribution < -0.4 is 0 Å². The summed E-state index contributed by atoms with van der Waals surface area (Å²) in [7, 11) is 0. The van der Waals surface area contributed by atoms with Gasteiger partial charge in [-0.05, 0) is 46.9 Å². The summed E-state index contributed by atoms with van der Waals surface area (Å²) in [6.07, 6.45) is 7.50. The highest BCUT2D eigenvalue weighted by Gasteiger charge is 2.13. The number of aromatic nitrogens is 3. The third-order valence-electron chi connectivity index (χ3n) is 4.17. The number of rotatable bonds is 6. The van der Waals surface area contributed by atoms with Gasteiger partial charge in [-0.25, -0.2) is 4.98 Å². The Morgan fingerprint density at radius 2 is 2.15 bits per heavy atom. The van der Waals surface area contributed by atoms with Crippen molar-refractivity contribution in [2.24, 2.45) is 0 Å². The standard InChI is InChI=1S/C21H19ClN4/c1-3-14-8-9-16(12-18(14)22)21-15(4-2)6-5-7-17(21)19(23)10-11-20-24-13-25-26-20/h3,5-13,23H,1,4H2,2H3,(H,24,25,26)/b11-10-,23-19?. The molecule has 0 fully saturated rings. The number of benzene rings is 2. The lowest BCUT2D eigenvalue weighted by Gasteiger charge is -2.15. The van der Waals surface area contributed by atoms with Gasteiger partial charge < -0.3 is 5.41 Å². The Labute approximate surface area is 157 Å². The van der Waals surface area contributed by atoms with Gasteiger partial charge in [-0.3, -0.25) is 5.10 Å². The Balaban J connectivity index is 2.08. The molecule has 0 atom stereocenters. The maximum absolute atomic E-state index is 8.53. The molecule has 0 aliphatic rings. The first-order chi connectivity index (χ1) is 12.6. The number of hydrogen-bond donors (Lipinski definition) is 2. The van der Waals surface area contributed by atoms with E-state index in [1.54, 1.807) is 18.2 Å². The third kappa shape index (κ3) is 3.65. The van der Waals surface area contributed by atoms with Crippen LogP contribution in [0.5, 0.6) is 0 Å². The molecule has 0 unspecified atom stereocenters. The Morgan fingerprint density at radius 3 is 2.81 bits per heavy atom. The third-order valence-corrected chi connectivity index (χ3v) is 4.50. The van der Waals surface area contributed by atoms with E-state index in [2.05, 4.69) is 34.8 Å². The highest BCUT2D eigenvalue weighted by atomic mass is 35.5. The van der Waals surface area contributed by atoms with E-state index in [-0.39, 0.29) is 0 Å². The minimum Gasteiger partial charge on any atom is -0.300 e. The van der Waals surface area contributed by atoms with Gasteiger partial charge >= 0.3 is 0 Å². The molecule has 0 saturated heterocycles. The number of H-pyrrole nitrogens is 1. The van der Waals surface area contributed by atoms with Crippen molar-refractivity contribution in [2.75, 3.05) is 0 Å². The van der Waals surface area contributed by atoms with Gasteiger partial charge in [-0.15, -0.1) is 0 Å². The molecule has 1 aromatic heterocycles. The number of aromatic amines is 1. The van der Waals surface area contributed by atoms with E-state index < -0.39 is 0 Å². The molecule has 130 valence electrons. The second-order valence-corrected chi connectivity index (χ2v) is 6.16. The monoisotopic (exact) mass is 362 g/mol. The average molecular weight is 363 g/mol. The molecular weight excluding hydrogens is 344 g/mol. The van der Waals surface area contributed by atoms with Crippen LogP contribution in [0.2, 0.25) is 5.02 Å². The van der Waals surface area contributed by atoms with Gasteiger partial charge in [0.15, 0.2) is 0 Å². The maximum Gasteiger partial charge on any atom is 0.148 e.